The van der Waals surface area contributed by atoms with Crippen LogP contribution in [0.3, 0.4) is 0 Å². The number of carbonyl (C=O) groups excluding carboxylic acids is 1. The van der Waals surface area contributed by atoms with Crippen LogP contribution in [0, 0.1) is 0 Å². The fourth-order valence-electron chi connectivity index (χ4n) is 2.19. The maximum atomic E-state index is 11.4. The minimum atomic E-state index is 0.442. The Balaban J connectivity index is 2.30. The number of aldehydes is 1. The fraction of sp³-hybridized carbons (Fsp3) is 0. The molecular weight excluding hydrogens is 317 g/mol. The number of carbonyl (C=O) groups is 1. The summed E-state index contributed by atoms with van der Waals surface area (Å²) in [5, 5.41) is 2.29. The van der Waals surface area contributed by atoms with Gasteiger partial charge in [0.1, 0.15) is 0 Å². The molecule has 0 radical (unpaired) electrons. The summed E-state index contributed by atoms with van der Waals surface area (Å²) >= 11 is 17.9. The van der Waals surface area contributed by atoms with E-state index in [1.165, 1.54) is 0 Å². The van der Waals surface area contributed by atoms with E-state index in [1.807, 2.05) is 12.1 Å². The van der Waals surface area contributed by atoms with Crippen molar-refractivity contribution in [2.45, 2.75) is 0 Å². The van der Waals surface area contributed by atoms with Crippen molar-refractivity contribution in [3.8, 4) is 11.3 Å². The van der Waals surface area contributed by atoms with Crippen LogP contribution >= 0.6 is 34.8 Å². The van der Waals surface area contributed by atoms with Crippen LogP contribution < -0.4 is 0 Å². The van der Waals surface area contributed by atoms with E-state index >= 15 is 0 Å². The molecular formula is C15H8Cl3NO. The van der Waals surface area contributed by atoms with Crippen LogP contribution in [0.1, 0.15) is 10.4 Å². The monoisotopic (exact) mass is 323 g/mol. The minimum absolute atomic E-state index is 0.442. The Labute approximate surface area is 130 Å². The summed E-state index contributed by atoms with van der Waals surface area (Å²) in [4.78, 5) is 14.6. The van der Waals surface area contributed by atoms with Gasteiger partial charge in [0.15, 0.2) is 6.29 Å². The highest BCUT2D eigenvalue weighted by Crippen LogP contribution is 2.33. The van der Waals surface area contributed by atoms with E-state index in [2.05, 4.69) is 4.98 Å². The van der Waals surface area contributed by atoms with Gasteiger partial charge in [-0.2, -0.15) is 0 Å². The van der Waals surface area contributed by atoms with Crippen molar-refractivity contribution in [1.29, 1.82) is 0 Å². The lowest BCUT2D eigenvalue weighted by atomic mass is 10.1. The van der Waals surface area contributed by atoms with Crippen molar-refractivity contribution >= 4 is 52.0 Å². The van der Waals surface area contributed by atoms with Gasteiger partial charge >= 0.3 is 0 Å². The first-order valence-electron chi connectivity index (χ1n) is 5.82. The predicted octanol–water partition coefficient (Wildman–Crippen LogP) is 5.61. The molecule has 0 aliphatic rings. The van der Waals surface area contributed by atoms with Gasteiger partial charge in [-0.15, -0.1) is 0 Å². The molecule has 0 amide bonds. The summed E-state index contributed by atoms with van der Waals surface area (Å²) in [7, 11) is 0. The molecule has 2 aromatic carbocycles. The molecule has 100 valence electrons. The molecule has 2 nitrogen and oxygen atoms in total. The lowest BCUT2D eigenvalue weighted by Crippen LogP contribution is -1.85. The zero-order chi connectivity index (χ0) is 14.3. The second kappa shape index (κ2) is 5.13. The first kappa shape index (κ1) is 13.5. The van der Waals surface area contributed by atoms with Crippen molar-refractivity contribution in [2.24, 2.45) is 0 Å². The normalized spacial score (nSPS) is 10.9. The average molecular weight is 325 g/mol. The molecule has 0 unspecified atom stereocenters. The highest BCUT2D eigenvalue weighted by atomic mass is 35.5. The molecule has 0 atom stereocenters. The number of rotatable bonds is 2. The average Bonchev–Trinajstić information content (AvgIpc) is 2.79. The molecule has 1 heterocycles. The van der Waals surface area contributed by atoms with E-state index < -0.39 is 0 Å². The van der Waals surface area contributed by atoms with E-state index in [4.69, 9.17) is 34.8 Å². The number of benzene rings is 2. The summed E-state index contributed by atoms with van der Waals surface area (Å²) in [5.41, 5.74) is 2.91. The number of aromatic nitrogens is 1. The Hall–Kier alpha value is -1.48. The molecule has 0 aliphatic heterocycles. The molecule has 0 bridgehead atoms. The topological polar surface area (TPSA) is 32.9 Å². The zero-order valence-electron chi connectivity index (χ0n) is 10.1. The van der Waals surface area contributed by atoms with Crippen LogP contribution in [0.4, 0.5) is 0 Å². The van der Waals surface area contributed by atoms with Gasteiger partial charge in [-0.05, 0) is 30.3 Å². The van der Waals surface area contributed by atoms with Crippen molar-refractivity contribution in [2.75, 3.05) is 0 Å². The van der Waals surface area contributed by atoms with Crippen LogP contribution in [0.15, 0.2) is 36.4 Å². The summed E-state index contributed by atoms with van der Waals surface area (Å²) in [6.07, 6.45) is 0.813. The Bertz CT molecular complexity index is 823. The Morgan fingerprint density at radius 1 is 0.950 bits per heavy atom. The summed E-state index contributed by atoms with van der Waals surface area (Å²) in [5.74, 6) is 0. The third-order valence-electron chi connectivity index (χ3n) is 3.13. The number of hydrogen-bond donors (Lipinski definition) is 1. The minimum Gasteiger partial charge on any atom is -0.354 e. The van der Waals surface area contributed by atoms with Crippen molar-refractivity contribution < 1.29 is 4.79 Å². The number of H-pyrrole nitrogens is 1. The van der Waals surface area contributed by atoms with Gasteiger partial charge in [0.2, 0.25) is 0 Å². The van der Waals surface area contributed by atoms with Crippen LogP contribution in [0.2, 0.25) is 15.1 Å². The second-order valence-electron chi connectivity index (χ2n) is 4.35. The Morgan fingerprint density at radius 3 is 2.45 bits per heavy atom. The standard InChI is InChI=1S/C15H8Cl3NO/c16-9-2-4-14-10(6-9)11(7-20)15(19-14)8-1-3-12(17)13(18)5-8/h1-7,19H. The number of nitrogens with one attached hydrogen (secondary N) is 1. The van der Waals surface area contributed by atoms with Gasteiger partial charge in [-0.1, -0.05) is 40.9 Å². The van der Waals surface area contributed by atoms with Crippen molar-refractivity contribution in [1.82, 2.24) is 4.98 Å². The van der Waals surface area contributed by atoms with Gasteiger partial charge in [0.05, 0.1) is 15.7 Å². The fourth-order valence-corrected chi connectivity index (χ4v) is 2.66. The lowest BCUT2D eigenvalue weighted by molar-refractivity contribution is 0.112. The number of fused-ring (bicyclic) bond motifs is 1. The summed E-state index contributed by atoms with van der Waals surface area (Å²) in [6, 6.07) is 10.6. The molecule has 1 N–H and O–H groups in total. The highest BCUT2D eigenvalue weighted by molar-refractivity contribution is 6.42. The van der Waals surface area contributed by atoms with E-state index in [1.54, 1.807) is 24.3 Å². The molecule has 0 saturated carbocycles. The van der Waals surface area contributed by atoms with E-state index in [0.29, 0.717) is 26.3 Å². The second-order valence-corrected chi connectivity index (χ2v) is 5.60. The highest BCUT2D eigenvalue weighted by Gasteiger charge is 2.13. The van der Waals surface area contributed by atoms with Gasteiger partial charge in [0.25, 0.3) is 0 Å². The summed E-state index contributed by atoms with van der Waals surface area (Å²) in [6.45, 7) is 0. The predicted molar refractivity (Wildman–Crippen MR) is 84.2 cm³/mol. The SMILES string of the molecule is O=Cc1c(-c2ccc(Cl)c(Cl)c2)[nH]c2ccc(Cl)cc12. The molecule has 20 heavy (non-hydrogen) atoms. The van der Waals surface area contributed by atoms with Crippen molar-refractivity contribution in [3.63, 3.8) is 0 Å². The molecule has 0 spiro atoms. The van der Waals surface area contributed by atoms with Crippen molar-refractivity contribution in [3.05, 3.63) is 57.0 Å². The first-order valence-corrected chi connectivity index (χ1v) is 6.95. The van der Waals surface area contributed by atoms with Gasteiger partial charge in [-0.25, -0.2) is 0 Å². The molecule has 5 heteroatoms. The van der Waals surface area contributed by atoms with E-state index in [-0.39, 0.29) is 0 Å². The molecule has 0 saturated heterocycles. The molecule has 0 aliphatic carbocycles. The smallest absolute Gasteiger partial charge is 0.152 e. The molecule has 0 fully saturated rings. The van der Waals surface area contributed by atoms with Gasteiger partial charge in [0, 0.05) is 27.1 Å². The lowest BCUT2D eigenvalue weighted by Gasteiger charge is -2.02. The third kappa shape index (κ3) is 2.20. The molecule has 3 rings (SSSR count). The van der Waals surface area contributed by atoms with Crippen LogP contribution in [0.5, 0.6) is 0 Å². The molecule has 3 aromatic rings. The first-order chi connectivity index (χ1) is 9.60. The van der Waals surface area contributed by atoms with Gasteiger partial charge < -0.3 is 4.98 Å². The number of halogens is 3. The number of hydrogen-bond acceptors (Lipinski definition) is 1. The maximum Gasteiger partial charge on any atom is 0.152 e. The van der Waals surface area contributed by atoms with Crippen LogP contribution in [-0.4, -0.2) is 11.3 Å². The molecule has 1 aromatic heterocycles. The summed E-state index contributed by atoms with van der Waals surface area (Å²) < 4.78 is 0. The quantitative estimate of drug-likeness (QED) is 0.611. The van der Waals surface area contributed by atoms with Gasteiger partial charge in [-0.3, -0.25) is 4.79 Å². The van der Waals surface area contributed by atoms with Crippen LogP contribution in [0.25, 0.3) is 22.2 Å². The Kier molecular flexibility index (Phi) is 3.47. The Morgan fingerprint density at radius 2 is 1.75 bits per heavy atom. The van der Waals surface area contributed by atoms with E-state index in [0.717, 1.165) is 22.8 Å². The maximum absolute atomic E-state index is 11.4. The number of aromatic amines is 1. The zero-order valence-corrected chi connectivity index (χ0v) is 12.4. The third-order valence-corrected chi connectivity index (χ3v) is 4.10. The largest absolute Gasteiger partial charge is 0.354 e. The van der Waals surface area contributed by atoms with E-state index in [9.17, 15) is 4.79 Å². The van der Waals surface area contributed by atoms with Crippen LogP contribution in [-0.2, 0) is 0 Å².